The van der Waals surface area contributed by atoms with Crippen molar-refractivity contribution in [1.82, 2.24) is 9.97 Å². The van der Waals surface area contributed by atoms with Gasteiger partial charge in [-0.2, -0.15) is 0 Å². The van der Waals surface area contributed by atoms with E-state index < -0.39 is 0 Å². The first-order chi connectivity index (χ1) is 5.27. The molecule has 1 aliphatic rings. The number of hydrogen-bond acceptors (Lipinski definition) is 3. The fourth-order valence-corrected chi connectivity index (χ4v) is 1.60. The van der Waals surface area contributed by atoms with Gasteiger partial charge >= 0.3 is 0 Å². The Kier molecular flexibility index (Phi) is 1.62. The summed E-state index contributed by atoms with van der Waals surface area (Å²) in [5, 5.41) is 3.71. The highest BCUT2D eigenvalue weighted by Gasteiger charge is 2.16. The molecule has 1 aromatic rings. The zero-order valence-electron chi connectivity index (χ0n) is 5.56. The molecule has 11 heavy (non-hydrogen) atoms. The molecule has 58 valence electrons. The maximum Gasteiger partial charge on any atom is 0.224 e. The molecule has 3 nitrogen and oxygen atoms in total. The number of anilines is 1. The zero-order valence-corrected chi connectivity index (χ0v) is 7.08. The number of rotatable bonds is 0. The molecule has 0 aliphatic carbocycles. The minimum absolute atomic E-state index is 0.220. The summed E-state index contributed by atoms with van der Waals surface area (Å²) in [5.74, 6) is 0. The van der Waals surface area contributed by atoms with Crippen LogP contribution in [-0.2, 0) is 6.42 Å². The van der Waals surface area contributed by atoms with Gasteiger partial charge in [0.2, 0.25) is 5.28 Å². The third-order valence-corrected chi connectivity index (χ3v) is 2.02. The van der Waals surface area contributed by atoms with Gasteiger partial charge in [-0.3, -0.25) is 0 Å². The van der Waals surface area contributed by atoms with Crippen molar-refractivity contribution in [2.75, 3.05) is 11.9 Å². The average Bonchev–Trinajstić information content (AvgIpc) is 2.34. The van der Waals surface area contributed by atoms with Crippen molar-refractivity contribution in [1.29, 1.82) is 0 Å². The van der Waals surface area contributed by atoms with Crippen molar-refractivity contribution < 1.29 is 0 Å². The molecule has 0 fully saturated rings. The van der Waals surface area contributed by atoms with E-state index in [0.717, 1.165) is 24.3 Å². The number of aromatic nitrogens is 2. The lowest BCUT2D eigenvalue weighted by atomic mass is 10.3. The minimum Gasteiger partial charge on any atom is -0.381 e. The third kappa shape index (κ3) is 1.14. The van der Waals surface area contributed by atoms with Crippen molar-refractivity contribution in [3.8, 4) is 0 Å². The molecule has 1 N–H and O–H groups in total. The summed E-state index contributed by atoms with van der Waals surface area (Å²) in [6.45, 7) is 0.865. The van der Waals surface area contributed by atoms with Crippen LogP contribution in [0.1, 0.15) is 5.69 Å². The lowest BCUT2D eigenvalue weighted by Crippen LogP contribution is -1.93. The summed E-state index contributed by atoms with van der Waals surface area (Å²) in [6.07, 6.45) is 0.872. The Hall–Kier alpha value is -0.540. The van der Waals surface area contributed by atoms with Gasteiger partial charge in [0.15, 0.2) is 5.15 Å². The molecule has 0 spiro atoms. The lowest BCUT2D eigenvalue weighted by Gasteiger charge is -1.99. The average molecular weight is 190 g/mol. The smallest absolute Gasteiger partial charge is 0.224 e. The Morgan fingerprint density at radius 1 is 1.27 bits per heavy atom. The van der Waals surface area contributed by atoms with Gasteiger partial charge in [0, 0.05) is 13.0 Å². The van der Waals surface area contributed by atoms with Crippen LogP contribution in [0.3, 0.4) is 0 Å². The second kappa shape index (κ2) is 2.50. The second-order valence-electron chi connectivity index (χ2n) is 2.28. The number of nitrogens with zero attached hydrogens (tertiary/aromatic N) is 2. The van der Waals surface area contributed by atoms with Crippen molar-refractivity contribution in [2.45, 2.75) is 6.42 Å². The van der Waals surface area contributed by atoms with E-state index in [1.807, 2.05) is 0 Å². The zero-order chi connectivity index (χ0) is 7.84. The molecule has 2 rings (SSSR count). The van der Waals surface area contributed by atoms with E-state index >= 15 is 0 Å². The first-order valence-electron chi connectivity index (χ1n) is 3.23. The minimum atomic E-state index is 0.220. The van der Waals surface area contributed by atoms with Crippen LogP contribution in [0.5, 0.6) is 0 Å². The van der Waals surface area contributed by atoms with Gasteiger partial charge in [-0.25, -0.2) is 9.97 Å². The van der Waals surface area contributed by atoms with E-state index in [9.17, 15) is 0 Å². The summed E-state index contributed by atoms with van der Waals surface area (Å²) in [5.41, 5.74) is 1.74. The van der Waals surface area contributed by atoms with E-state index in [-0.39, 0.29) is 5.28 Å². The number of halogens is 2. The molecule has 5 heteroatoms. The molecule has 0 saturated heterocycles. The van der Waals surface area contributed by atoms with Crippen LogP contribution in [0, 0.1) is 0 Å². The molecule has 1 aliphatic heterocycles. The Bertz CT molecular complexity index is 300. The SMILES string of the molecule is Clc1nc(Cl)c2c(n1)CCN2. The lowest BCUT2D eigenvalue weighted by molar-refractivity contribution is 1.02. The van der Waals surface area contributed by atoms with Gasteiger partial charge in [0.25, 0.3) is 0 Å². The highest BCUT2D eigenvalue weighted by molar-refractivity contribution is 6.33. The predicted molar refractivity (Wildman–Crippen MR) is 44.2 cm³/mol. The van der Waals surface area contributed by atoms with Crippen LogP contribution in [0.15, 0.2) is 0 Å². The standard InChI is InChI=1S/C6H5Cl2N3/c7-5-4-3(1-2-9-4)10-6(8)11-5/h9H,1-2H2. The van der Waals surface area contributed by atoms with E-state index in [0.29, 0.717) is 5.15 Å². The molecule has 0 amide bonds. The maximum absolute atomic E-state index is 5.78. The van der Waals surface area contributed by atoms with Crippen LogP contribution in [0.25, 0.3) is 0 Å². The summed E-state index contributed by atoms with van der Waals surface area (Å²) in [6, 6.07) is 0. The summed E-state index contributed by atoms with van der Waals surface area (Å²) >= 11 is 11.4. The molecule has 0 bridgehead atoms. The molecule has 1 aromatic heterocycles. The van der Waals surface area contributed by atoms with Crippen molar-refractivity contribution in [2.24, 2.45) is 0 Å². The van der Waals surface area contributed by atoms with E-state index in [2.05, 4.69) is 15.3 Å². The molecular weight excluding hydrogens is 185 g/mol. The molecule has 0 atom stereocenters. The quantitative estimate of drug-likeness (QED) is 0.500. The van der Waals surface area contributed by atoms with Crippen molar-refractivity contribution in [3.05, 3.63) is 16.1 Å². The fraction of sp³-hybridized carbons (Fsp3) is 0.333. The highest BCUT2D eigenvalue weighted by Crippen LogP contribution is 2.28. The van der Waals surface area contributed by atoms with Gasteiger partial charge < -0.3 is 5.32 Å². The monoisotopic (exact) mass is 189 g/mol. The molecule has 0 radical (unpaired) electrons. The molecule has 0 saturated carbocycles. The first-order valence-corrected chi connectivity index (χ1v) is 3.99. The van der Waals surface area contributed by atoms with Crippen molar-refractivity contribution in [3.63, 3.8) is 0 Å². The van der Waals surface area contributed by atoms with E-state index in [1.165, 1.54) is 0 Å². The topological polar surface area (TPSA) is 37.8 Å². The normalized spacial score (nSPS) is 14.4. The fourth-order valence-electron chi connectivity index (χ4n) is 1.11. The largest absolute Gasteiger partial charge is 0.381 e. The molecule has 0 aromatic carbocycles. The van der Waals surface area contributed by atoms with Gasteiger partial charge in [0.1, 0.15) is 0 Å². The van der Waals surface area contributed by atoms with Crippen LogP contribution < -0.4 is 5.32 Å². The Morgan fingerprint density at radius 3 is 2.91 bits per heavy atom. The van der Waals surface area contributed by atoms with Gasteiger partial charge in [-0.05, 0) is 11.6 Å². The van der Waals surface area contributed by atoms with Crippen LogP contribution in [-0.4, -0.2) is 16.5 Å². The van der Waals surface area contributed by atoms with E-state index in [4.69, 9.17) is 23.2 Å². The number of fused-ring (bicyclic) bond motifs is 1. The number of hydrogen-bond donors (Lipinski definition) is 1. The number of nitrogens with one attached hydrogen (secondary N) is 1. The van der Waals surface area contributed by atoms with Crippen LogP contribution in [0.2, 0.25) is 10.4 Å². The Balaban J connectivity index is 2.60. The Morgan fingerprint density at radius 2 is 2.09 bits per heavy atom. The molecule has 2 heterocycles. The second-order valence-corrected chi connectivity index (χ2v) is 2.98. The van der Waals surface area contributed by atoms with E-state index in [1.54, 1.807) is 0 Å². The summed E-state index contributed by atoms with van der Waals surface area (Å²) in [7, 11) is 0. The summed E-state index contributed by atoms with van der Waals surface area (Å²) < 4.78 is 0. The predicted octanol–water partition coefficient (Wildman–Crippen LogP) is 1.75. The molecule has 0 unspecified atom stereocenters. The van der Waals surface area contributed by atoms with Crippen LogP contribution >= 0.6 is 23.2 Å². The van der Waals surface area contributed by atoms with Crippen LogP contribution in [0.4, 0.5) is 5.69 Å². The van der Waals surface area contributed by atoms with Gasteiger partial charge in [0.05, 0.1) is 11.4 Å². The highest BCUT2D eigenvalue weighted by atomic mass is 35.5. The van der Waals surface area contributed by atoms with Gasteiger partial charge in [-0.15, -0.1) is 0 Å². The van der Waals surface area contributed by atoms with Gasteiger partial charge in [-0.1, -0.05) is 11.6 Å². The Labute approximate surface area is 73.8 Å². The first kappa shape index (κ1) is 7.13. The van der Waals surface area contributed by atoms with Crippen molar-refractivity contribution >= 4 is 28.9 Å². The summed E-state index contributed by atoms with van der Waals surface area (Å²) in [4.78, 5) is 7.82. The maximum atomic E-state index is 5.78. The molecular formula is C6H5Cl2N3. The third-order valence-electron chi connectivity index (χ3n) is 1.58.